The summed E-state index contributed by atoms with van der Waals surface area (Å²) in [4.78, 5) is 14.1. The van der Waals surface area contributed by atoms with Gasteiger partial charge in [-0.2, -0.15) is 10.1 Å². The van der Waals surface area contributed by atoms with Crippen molar-refractivity contribution < 1.29 is 5.11 Å². The van der Waals surface area contributed by atoms with E-state index in [0.717, 1.165) is 91.6 Å². The number of nitrogens with zero attached hydrogens (tertiary/aromatic N) is 6. The molecule has 10 nitrogen and oxygen atoms in total. The lowest BCUT2D eigenvalue weighted by molar-refractivity contribution is 0.0652. The van der Waals surface area contributed by atoms with E-state index in [1.54, 1.807) is 4.68 Å². The number of nitrogens with one attached hydrogen (secondary N) is 3. The van der Waals surface area contributed by atoms with E-state index in [0.29, 0.717) is 12.5 Å². The fourth-order valence-electron chi connectivity index (χ4n) is 5.85. The molecule has 2 aliphatic rings. The second-order valence-corrected chi connectivity index (χ2v) is 11.1. The average molecular weight is 578 g/mol. The fourth-order valence-corrected chi connectivity index (χ4v) is 5.85. The molecular weight excluding hydrogens is 538 g/mol. The first-order valence-electron chi connectivity index (χ1n) is 14.2. The average Bonchev–Trinajstić information content (AvgIpc) is 3.25. The maximum atomic E-state index is 10.7. The fraction of sp³-hybridized carbons (Fsp3) is 0.433. The van der Waals surface area contributed by atoms with Gasteiger partial charge in [0.1, 0.15) is 0 Å². The summed E-state index contributed by atoms with van der Waals surface area (Å²) in [5, 5.41) is 26.5. The number of piperazine rings is 1. The van der Waals surface area contributed by atoms with Gasteiger partial charge in [-0.3, -0.25) is 9.80 Å². The van der Waals surface area contributed by atoms with Crippen molar-refractivity contribution in [2.45, 2.75) is 32.9 Å². The van der Waals surface area contributed by atoms with Gasteiger partial charge < -0.3 is 21.1 Å². The highest BCUT2D eigenvalue weighted by Gasteiger charge is 2.21. The van der Waals surface area contributed by atoms with Gasteiger partial charge in [-0.1, -0.05) is 24.3 Å². The summed E-state index contributed by atoms with van der Waals surface area (Å²) in [6.45, 7) is 11.4. The summed E-state index contributed by atoms with van der Waals surface area (Å²) >= 11 is 0. The molecule has 218 valence electrons. The van der Waals surface area contributed by atoms with Crippen LogP contribution >= 0.6 is 12.4 Å². The molecule has 1 fully saturated rings. The molecule has 2 aromatic heterocycles. The standard InChI is InChI=1S/C30H39N9O.ClH/c1-20-5-4-6-21(2)27(20)34-28-26-16-32-30(35-29(26)37(3)36-28)33-24-8-7-22-9-12-39(17-23(22)15-24)19-25(40)18-38-13-10-31-11-14-38;/h4-8,15-16,25,31,40H,9-14,17-19H2,1-3H3,(H,34,36)(H,32,33,35);1H. The Hall–Kier alpha value is -3.28. The van der Waals surface area contributed by atoms with E-state index < -0.39 is 0 Å². The zero-order chi connectivity index (χ0) is 27.6. The Morgan fingerprint density at radius 3 is 2.51 bits per heavy atom. The predicted octanol–water partition coefficient (Wildman–Crippen LogP) is 3.51. The van der Waals surface area contributed by atoms with Gasteiger partial charge >= 0.3 is 0 Å². The molecule has 2 aromatic carbocycles. The number of halogens is 1. The van der Waals surface area contributed by atoms with E-state index in [4.69, 9.17) is 4.98 Å². The highest BCUT2D eigenvalue weighted by Crippen LogP contribution is 2.29. The molecule has 0 saturated carbocycles. The first-order valence-corrected chi connectivity index (χ1v) is 14.2. The summed E-state index contributed by atoms with van der Waals surface area (Å²) in [6, 6.07) is 12.7. The second-order valence-electron chi connectivity index (χ2n) is 11.1. The van der Waals surface area contributed by atoms with Gasteiger partial charge in [0.2, 0.25) is 5.95 Å². The summed E-state index contributed by atoms with van der Waals surface area (Å²) in [7, 11) is 1.90. The van der Waals surface area contributed by atoms with Crippen LogP contribution in [0.5, 0.6) is 0 Å². The molecule has 1 saturated heterocycles. The number of aliphatic hydroxyl groups is 1. The monoisotopic (exact) mass is 577 g/mol. The van der Waals surface area contributed by atoms with Gasteiger partial charge in [0, 0.05) is 77.0 Å². The molecule has 4 aromatic rings. The molecule has 11 heteroatoms. The van der Waals surface area contributed by atoms with E-state index in [1.807, 2.05) is 13.2 Å². The quantitative estimate of drug-likeness (QED) is 0.250. The van der Waals surface area contributed by atoms with Gasteiger partial charge in [-0.25, -0.2) is 9.67 Å². The predicted molar refractivity (Wildman–Crippen MR) is 167 cm³/mol. The Bertz CT molecular complexity index is 1480. The van der Waals surface area contributed by atoms with Crippen LogP contribution in [-0.4, -0.2) is 86.6 Å². The lowest BCUT2D eigenvalue weighted by Gasteiger charge is -2.33. The SMILES string of the molecule is Cc1cccc(C)c1Nc1nn(C)c2nc(Nc3ccc4c(c3)CN(CC(O)CN3CCNCC3)CC4)ncc12.Cl. The molecule has 1 unspecified atom stereocenters. The van der Waals surface area contributed by atoms with Crippen molar-refractivity contribution in [3.8, 4) is 0 Å². The molecule has 0 spiro atoms. The van der Waals surface area contributed by atoms with Gasteiger partial charge in [0.05, 0.1) is 11.5 Å². The number of para-hydroxylation sites is 1. The number of hydrogen-bond acceptors (Lipinski definition) is 9. The van der Waals surface area contributed by atoms with Crippen LogP contribution in [0.2, 0.25) is 0 Å². The maximum absolute atomic E-state index is 10.7. The Kier molecular flexibility index (Phi) is 9.06. The minimum atomic E-state index is -0.339. The molecule has 6 rings (SSSR count). The van der Waals surface area contributed by atoms with Crippen molar-refractivity contribution in [2.75, 3.05) is 56.4 Å². The number of aliphatic hydroxyl groups excluding tert-OH is 1. The molecule has 4 heterocycles. The normalized spacial score (nSPS) is 16.7. The number of benzene rings is 2. The van der Waals surface area contributed by atoms with Crippen LogP contribution < -0.4 is 16.0 Å². The summed E-state index contributed by atoms with van der Waals surface area (Å²) in [6.07, 6.45) is 2.48. The molecule has 41 heavy (non-hydrogen) atoms. The van der Waals surface area contributed by atoms with Crippen molar-refractivity contribution >= 4 is 46.6 Å². The number of aryl methyl sites for hydroxylation is 3. The minimum Gasteiger partial charge on any atom is -0.390 e. The third-order valence-corrected chi connectivity index (χ3v) is 8.01. The van der Waals surface area contributed by atoms with Crippen LogP contribution in [0.25, 0.3) is 11.0 Å². The van der Waals surface area contributed by atoms with Crippen molar-refractivity contribution in [1.29, 1.82) is 0 Å². The van der Waals surface area contributed by atoms with E-state index in [9.17, 15) is 5.11 Å². The number of anilines is 4. The number of hydrogen-bond donors (Lipinski definition) is 4. The molecule has 0 aliphatic carbocycles. The van der Waals surface area contributed by atoms with Crippen LogP contribution in [0.4, 0.5) is 23.1 Å². The van der Waals surface area contributed by atoms with Gasteiger partial charge in [-0.15, -0.1) is 12.4 Å². The maximum Gasteiger partial charge on any atom is 0.229 e. The first-order chi connectivity index (χ1) is 19.4. The lowest BCUT2D eigenvalue weighted by Crippen LogP contribution is -2.48. The number of fused-ring (bicyclic) bond motifs is 2. The smallest absolute Gasteiger partial charge is 0.229 e. The van der Waals surface area contributed by atoms with Gasteiger partial charge in [-0.05, 0) is 54.7 Å². The molecule has 1 atom stereocenters. The van der Waals surface area contributed by atoms with Crippen molar-refractivity contribution in [3.63, 3.8) is 0 Å². The van der Waals surface area contributed by atoms with Crippen LogP contribution in [0.3, 0.4) is 0 Å². The second kappa shape index (κ2) is 12.7. The van der Waals surface area contributed by atoms with Crippen LogP contribution in [0, 0.1) is 13.8 Å². The Balaban J connectivity index is 0.00000337. The highest BCUT2D eigenvalue weighted by atomic mass is 35.5. The van der Waals surface area contributed by atoms with Crippen molar-refractivity contribution in [2.24, 2.45) is 7.05 Å². The topological polar surface area (TPSA) is 106 Å². The van der Waals surface area contributed by atoms with E-state index >= 15 is 0 Å². The highest BCUT2D eigenvalue weighted by molar-refractivity contribution is 5.90. The summed E-state index contributed by atoms with van der Waals surface area (Å²) < 4.78 is 1.79. The Morgan fingerprint density at radius 2 is 1.73 bits per heavy atom. The zero-order valence-electron chi connectivity index (χ0n) is 24.0. The van der Waals surface area contributed by atoms with E-state index in [2.05, 4.69) is 86.1 Å². The van der Waals surface area contributed by atoms with Crippen molar-refractivity contribution in [3.05, 3.63) is 64.8 Å². The zero-order valence-corrected chi connectivity index (χ0v) is 24.8. The third kappa shape index (κ3) is 6.63. The first kappa shape index (κ1) is 29.2. The van der Waals surface area contributed by atoms with E-state index in [-0.39, 0.29) is 18.5 Å². The van der Waals surface area contributed by atoms with E-state index in [1.165, 1.54) is 11.1 Å². The molecular formula is C30H40ClN9O. The molecule has 0 radical (unpaired) electrons. The van der Waals surface area contributed by atoms with Crippen molar-refractivity contribution in [1.82, 2.24) is 34.9 Å². The van der Waals surface area contributed by atoms with Gasteiger partial charge in [0.15, 0.2) is 11.5 Å². The Morgan fingerprint density at radius 1 is 0.976 bits per heavy atom. The lowest BCUT2D eigenvalue weighted by atomic mass is 9.98. The molecule has 2 aliphatic heterocycles. The molecule has 4 N–H and O–H groups in total. The van der Waals surface area contributed by atoms with Gasteiger partial charge in [0.25, 0.3) is 0 Å². The summed E-state index contributed by atoms with van der Waals surface area (Å²) in [5.74, 6) is 1.28. The number of aromatic nitrogens is 4. The number of rotatable bonds is 8. The largest absolute Gasteiger partial charge is 0.390 e. The minimum absolute atomic E-state index is 0. The Labute approximate surface area is 247 Å². The molecule has 0 bridgehead atoms. The van der Waals surface area contributed by atoms with Crippen LogP contribution in [0.1, 0.15) is 22.3 Å². The summed E-state index contributed by atoms with van der Waals surface area (Å²) in [5.41, 5.74) is 7.75. The number of β-amino-alcohol motifs (C(OH)–C–C–N with tert-alkyl or cyclic N) is 1. The van der Waals surface area contributed by atoms with Crippen LogP contribution in [-0.2, 0) is 20.0 Å². The third-order valence-electron chi connectivity index (χ3n) is 8.01. The van der Waals surface area contributed by atoms with Crippen LogP contribution in [0.15, 0.2) is 42.6 Å². The molecule has 0 amide bonds.